The highest BCUT2D eigenvalue weighted by Gasteiger charge is 2.38. The van der Waals surface area contributed by atoms with E-state index in [2.05, 4.69) is 10.3 Å². The monoisotopic (exact) mass is 470 g/mol. The van der Waals surface area contributed by atoms with Gasteiger partial charge in [0.2, 0.25) is 15.8 Å². The summed E-state index contributed by atoms with van der Waals surface area (Å²) in [5, 5.41) is 7.39. The highest BCUT2D eigenvalue weighted by Crippen LogP contribution is 2.31. The zero-order valence-corrected chi connectivity index (χ0v) is 17.3. The molecule has 1 amide bonds. The van der Waals surface area contributed by atoms with Gasteiger partial charge in [-0.05, 0) is 43.3 Å². The molecule has 0 spiro atoms. The zero-order valence-electron chi connectivity index (χ0n) is 16.5. The normalized spacial score (nSPS) is 13.0. The number of imidazole rings is 1. The number of benzene rings is 2. The van der Waals surface area contributed by atoms with E-state index in [0.29, 0.717) is 4.57 Å². The second kappa shape index (κ2) is 8.59. The molecule has 1 aromatic heterocycles. The van der Waals surface area contributed by atoms with Crippen LogP contribution in [0.4, 0.5) is 18.9 Å². The lowest BCUT2D eigenvalue weighted by molar-refractivity contribution is -0.156. The number of nitrogens with zero attached hydrogens (tertiary/aromatic N) is 2. The van der Waals surface area contributed by atoms with Crippen LogP contribution in [0.25, 0.3) is 11.0 Å². The zero-order chi connectivity index (χ0) is 23.7. The van der Waals surface area contributed by atoms with E-state index in [4.69, 9.17) is 9.88 Å². The maximum Gasteiger partial charge on any atom is 0.449 e. The molecule has 3 aromatic rings. The molecule has 13 heteroatoms. The quantitative estimate of drug-likeness (QED) is 0.531. The van der Waals surface area contributed by atoms with Crippen LogP contribution in [0.5, 0.6) is 0 Å². The molecule has 32 heavy (non-hydrogen) atoms. The Morgan fingerprint density at radius 2 is 1.78 bits per heavy atom. The minimum Gasteiger partial charge on any atom is -0.451 e. The molecule has 0 aliphatic rings. The number of sulfonamides is 1. The second-order valence-corrected chi connectivity index (χ2v) is 8.26. The topological polar surface area (TPSA) is 133 Å². The van der Waals surface area contributed by atoms with Crippen molar-refractivity contribution in [2.75, 3.05) is 5.32 Å². The number of primary sulfonamides is 1. The van der Waals surface area contributed by atoms with E-state index >= 15 is 0 Å². The predicted molar refractivity (Wildman–Crippen MR) is 107 cm³/mol. The molecule has 0 radical (unpaired) electrons. The lowest BCUT2D eigenvalue weighted by Gasteiger charge is -2.15. The predicted octanol–water partition coefficient (Wildman–Crippen LogP) is 2.27. The van der Waals surface area contributed by atoms with E-state index in [0.717, 1.165) is 0 Å². The van der Waals surface area contributed by atoms with Crippen LogP contribution >= 0.6 is 0 Å². The number of carbonyl (C=O) groups excluding carboxylic acids is 2. The summed E-state index contributed by atoms with van der Waals surface area (Å²) in [6, 6.07) is 10.7. The number of hydrogen-bond acceptors (Lipinski definition) is 6. The molecule has 1 heterocycles. The number of halogens is 3. The third-order valence-corrected chi connectivity index (χ3v) is 5.25. The first-order chi connectivity index (χ1) is 14.9. The van der Waals surface area contributed by atoms with Gasteiger partial charge in [0.25, 0.3) is 5.91 Å². The summed E-state index contributed by atoms with van der Waals surface area (Å²) in [5.74, 6) is -3.11. The molecule has 0 saturated heterocycles. The van der Waals surface area contributed by atoms with Crippen molar-refractivity contribution in [2.24, 2.45) is 5.14 Å². The average molecular weight is 470 g/mol. The molecular weight excluding hydrogens is 453 g/mol. The van der Waals surface area contributed by atoms with Gasteiger partial charge in [-0.15, -0.1) is 0 Å². The number of amides is 1. The molecule has 0 fully saturated rings. The van der Waals surface area contributed by atoms with Crippen LogP contribution in [0, 0.1) is 0 Å². The number of para-hydroxylation sites is 2. The largest absolute Gasteiger partial charge is 0.451 e. The van der Waals surface area contributed by atoms with E-state index in [1.165, 1.54) is 55.5 Å². The standard InChI is InChI=1S/C19H17F3N4O5S/c1-11(17(28)24-12-6-8-13(9-7-12)32(23,29)30)31-16(27)10-26-15-5-3-2-4-14(15)25-18(26)19(20,21)22/h2-9,11H,10H2,1H3,(H,24,28)(H2,23,29,30). The molecule has 1 atom stereocenters. The van der Waals surface area contributed by atoms with Crippen molar-refractivity contribution in [1.29, 1.82) is 0 Å². The molecule has 0 saturated carbocycles. The Kier molecular flexibility index (Phi) is 6.23. The van der Waals surface area contributed by atoms with Gasteiger partial charge < -0.3 is 14.6 Å². The average Bonchev–Trinajstić information content (AvgIpc) is 3.06. The van der Waals surface area contributed by atoms with Crippen LogP contribution < -0.4 is 10.5 Å². The smallest absolute Gasteiger partial charge is 0.449 e. The Morgan fingerprint density at radius 3 is 2.38 bits per heavy atom. The van der Waals surface area contributed by atoms with Crippen LogP contribution in [0.2, 0.25) is 0 Å². The minimum atomic E-state index is -4.80. The number of ether oxygens (including phenoxy) is 1. The SMILES string of the molecule is CC(OC(=O)Cn1c(C(F)(F)F)nc2ccccc21)C(=O)Nc1ccc(S(N)(=O)=O)cc1. The van der Waals surface area contributed by atoms with Gasteiger partial charge >= 0.3 is 12.1 Å². The van der Waals surface area contributed by atoms with Crippen LogP contribution in [0.1, 0.15) is 12.7 Å². The molecule has 3 rings (SSSR count). The summed E-state index contributed by atoms with van der Waals surface area (Å²) in [6.07, 6.45) is -6.14. The van der Waals surface area contributed by atoms with Gasteiger partial charge in [0.15, 0.2) is 6.10 Å². The highest BCUT2D eigenvalue weighted by atomic mass is 32.2. The molecule has 0 aliphatic heterocycles. The van der Waals surface area contributed by atoms with E-state index in [-0.39, 0.29) is 21.6 Å². The first-order valence-electron chi connectivity index (χ1n) is 9.02. The Labute approximate surface area is 180 Å². The van der Waals surface area contributed by atoms with Gasteiger partial charge in [0.1, 0.15) is 6.54 Å². The first kappa shape index (κ1) is 23.2. The fourth-order valence-corrected chi connectivity index (χ4v) is 3.36. The van der Waals surface area contributed by atoms with Crippen molar-refractivity contribution in [3.05, 3.63) is 54.4 Å². The Hall–Kier alpha value is -3.45. The Morgan fingerprint density at radius 1 is 1.16 bits per heavy atom. The van der Waals surface area contributed by atoms with Crippen molar-refractivity contribution in [3.8, 4) is 0 Å². The number of alkyl halides is 3. The van der Waals surface area contributed by atoms with Crippen molar-refractivity contribution in [2.45, 2.75) is 30.6 Å². The second-order valence-electron chi connectivity index (χ2n) is 6.70. The summed E-state index contributed by atoms with van der Waals surface area (Å²) in [4.78, 5) is 27.9. The molecule has 2 aromatic carbocycles. The van der Waals surface area contributed by atoms with Gasteiger partial charge in [-0.2, -0.15) is 13.2 Å². The lowest BCUT2D eigenvalue weighted by atomic mass is 10.3. The summed E-state index contributed by atoms with van der Waals surface area (Å²) in [5.41, 5.74) is 0.343. The fourth-order valence-electron chi connectivity index (χ4n) is 2.84. The van der Waals surface area contributed by atoms with Crippen LogP contribution in [-0.2, 0) is 37.1 Å². The molecule has 170 valence electrons. The minimum absolute atomic E-state index is 0.0568. The molecular formula is C19H17F3N4O5S. The number of hydrogen-bond donors (Lipinski definition) is 2. The van der Waals surface area contributed by atoms with Gasteiger partial charge in [-0.1, -0.05) is 12.1 Å². The number of nitrogens with one attached hydrogen (secondary N) is 1. The Balaban J connectivity index is 1.69. The first-order valence-corrected chi connectivity index (χ1v) is 10.6. The van der Waals surface area contributed by atoms with E-state index in [1.54, 1.807) is 0 Å². The molecule has 9 nitrogen and oxygen atoms in total. The van der Waals surface area contributed by atoms with Gasteiger partial charge in [-0.25, -0.2) is 18.5 Å². The third-order valence-electron chi connectivity index (χ3n) is 4.32. The van der Waals surface area contributed by atoms with Gasteiger partial charge in [0, 0.05) is 5.69 Å². The van der Waals surface area contributed by atoms with Crippen molar-refractivity contribution in [1.82, 2.24) is 9.55 Å². The number of anilines is 1. The number of aromatic nitrogens is 2. The third kappa shape index (κ3) is 5.23. The fraction of sp³-hybridized carbons (Fsp3) is 0.211. The van der Waals surface area contributed by atoms with E-state index in [1.807, 2.05) is 0 Å². The summed E-state index contributed by atoms with van der Waals surface area (Å²) in [6.45, 7) is 0.429. The molecule has 0 bridgehead atoms. The maximum absolute atomic E-state index is 13.3. The molecule has 0 aliphatic carbocycles. The number of fused-ring (bicyclic) bond motifs is 1. The van der Waals surface area contributed by atoms with E-state index in [9.17, 15) is 31.2 Å². The van der Waals surface area contributed by atoms with Crippen LogP contribution in [0.15, 0.2) is 53.4 Å². The van der Waals surface area contributed by atoms with Crippen molar-refractivity contribution >= 4 is 38.6 Å². The van der Waals surface area contributed by atoms with E-state index < -0.39 is 46.5 Å². The summed E-state index contributed by atoms with van der Waals surface area (Å²) >= 11 is 0. The highest BCUT2D eigenvalue weighted by molar-refractivity contribution is 7.89. The van der Waals surface area contributed by atoms with Gasteiger partial charge in [0.05, 0.1) is 15.9 Å². The maximum atomic E-state index is 13.3. The summed E-state index contributed by atoms with van der Waals surface area (Å²) in [7, 11) is -3.90. The van der Waals surface area contributed by atoms with Crippen molar-refractivity contribution < 1.29 is 35.9 Å². The molecule has 1 unspecified atom stereocenters. The van der Waals surface area contributed by atoms with Crippen molar-refractivity contribution in [3.63, 3.8) is 0 Å². The van der Waals surface area contributed by atoms with Crippen LogP contribution in [0.3, 0.4) is 0 Å². The molecule has 3 N–H and O–H groups in total. The Bertz CT molecular complexity index is 1270. The number of nitrogens with two attached hydrogens (primary N) is 1. The number of esters is 1. The number of rotatable bonds is 6. The number of carbonyl (C=O) groups is 2. The van der Waals surface area contributed by atoms with Crippen LogP contribution in [-0.4, -0.2) is 35.9 Å². The lowest BCUT2D eigenvalue weighted by Crippen LogP contribution is -2.31. The van der Waals surface area contributed by atoms with Gasteiger partial charge in [-0.3, -0.25) is 9.59 Å². The summed E-state index contributed by atoms with van der Waals surface area (Å²) < 4.78 is 68.1.